The van der Waals surface area contributed by atoms with Gasteiger partial charge in [-0.05, 0) is 29.9 Å². The van der Waals surface area contributed by atoms with Gasteiger partial charge in [-0.25, -0.2) is 0 Å². The highest BCUT2D eigenvalue weighted by molar-refractivity contribution is 7.99. The number of hydrogen-bond acceptors (Lipinski definition) is 7. The first-order valence-electron chi connectivity index (χ1n) is 8.88. The van der Waals surface area contributed by atoms with Crippen molar-refractivity contribution in [3.63, 3.8) is 0 Å². The molecule has 0 amide bonds. The number of nitrogens with zero attached hydrogens (tertiary/aromatic N) is 1. The summed E-state index contributed by atoms with van der Waals surface area (Å²) in [7, 11) is 1.66. The molecular formula is C18H26N2O4S. The first-order valence-corrected chi connectivity index (χ1v) is 10.0. The van der Waals surface area contributed by atoms with Gasteiger partial charge in [-0.2, -0.15) is 11.8 Å². The van der Waals surface area contributed by atoms with Crippen LogP contribution in [0.2, 0.25) is 0 Å². The maximum Gasteiger partial charge on any atom is 0.231 e. The van der Waals surface area contributed by atoms with Crippen LogP contribution in [0.1, 0.15) is 12.0 Å². The molecule has 0 radical (unpaired) electrons. The smallest absolute Gasteiger partial charge is 0.231 e. The monoisotopic (exact) mass is 366 g/mol. The second-order valence-electron chi connectivity index (χ2n) is 6.76. The number of fused-ring (bicyclic) bond motifs is 1. The second kappa shape index (κ2) is 7.61. The van der Waals surface area contributed by atoms with Crippen molar-refractivity contribution in [1.29, 1.82) is 0 Å². The second-order valence-corrected chi connectivity index (χ2v) is 7.87. The Morgan fingerprint density at radius 3 is 2.92 bits per heavy atom. The number of hydrogen-bond donors (Lipinski definition) is 1. The summed E-state index contributed by atoms with van der Waals surface area (Å²) in [5, 5.41) is 3.68. The summed E-state index contributed by atoms with van der Waals surface area (Å²) in [6.45, 7) is 5.85. The fraction of sp³-hybridized carbons (Fsp3) is 0.667. The molecule has 0 unspecified atom stereocenters. The van der Waals surface area contributed by atoms with Crippen molar-refractivity contribution < 1.29 is 18.9 Å². The number of ether oxygens (including phenoxy) is 4. The van der Waals surface area contributed by atoms with Gasteiger partial charge in [-0.3, -0.25) is 4.90 Å². The Hall–Kier alpha value is -1.15. The van der Waals surface area contributed by atoms with Crippen LogP contribution < -0.4 is 19.5 Å². The number of morpholine rings is 1. The van der Waals surface area contributed by atoms with Gasteiger partial charge in [-0.1, -0.05) is 0 Å². The van der Waals surface area contributed by atoms with Gasteiger partial charge in [0.1, 0.15) is 0 Å². The zero-order valence-electron chi connectivity index (χ0n) is 14.7. The molecule has 1 aromatic carbocycles. The third-order valence-electron chi connectivity index (χ3n) is 5.27. The number of nitrogens with one attached hydrogen (secondary N) is 1. The number of methoxy groups -OCH3 is 1. The number of rotatable bonds is 6. The fourth-order valence-electron chi connectivity index (χ4n) is 3.86. The summed E-state index contributed by atoms with van der Waals surface area (Å²) >= 11 is 2.06. The van der Waals surface area contributed by atoms with E-state index in [-0.39, 0.29) is 12.3 Å². The van der Waals surface area contributed by atoms with E-state index >= 15 is 0 Å². The van der Waals surface area contributed by atoms with Gasteiger partial charge in [0.15, 0.2) is 11.5 Å². The Balaban J connectivity index is 1.41. The van der Waals surface area contributed by atoms with E-state index in [0.29, 0.717) is 5.75 Å². The molecule has 4 rings (SSSR count). The van der Waals surface area contributed by atoms with Crippen LogP contribution >= 0.6 is 11.8 Å². The van der Waals surface area contributed by atoms with Crippen molar-refractivity contribution in [2.45, 2.75) is 18.5 Å². The molecular weight excluding hydrogens is 340 g/mol. The zero-order valence-corrected chi connectivity index (χ0v) is 15.5. The molecule has 138 valence electrons. The fourth-order valence-corrected chi connectivity index (χ4v) is 5.34. The molecule has 0 bridgehead atoms. The van der Waals surface area contributed by atoms with E-state index in [0.717, 1.165) is 56.5 Å². The normalized spacial score (nSPS) is 26.1. The lowest BCUT2D eigenvalue weighted by Crippen LogP contribution is -2.58. The molecule has 0 saturated carbocycles. The molecule has 0 aromatic heterocycles. The number of benzene rings is 1. The van der Waals surface area contributed by atoms with E-state index in [2.05, 4.69) is 22.0 Å². The minimum absolute atomic E-state index is 0.259. The topological polar surface area (TPSA) is 52.2 Å². The van der Waals surface area contributed by atoms with Crippen molar-refractivity contribution in [3.8, 4) is 17.2 Å². The summed E-state index contributed by atoms with van der Waals surface area (Å²) in [5.41, 5.74) is 1.42. The molecule has 0 spiro atoms. The van der Waals surface area contributed by atoms with E-state index in [9.17, 15) is 0 Å². The maximum atomic E-state index is 5.54. The van der Waals surface area contributed by atoms with Crippen LogP contribution in [0.25, 0.3) is 0 Å². The summed E-state index contributed by atoms with van der Waals surface area (Å²) in [5.74, 6) is 4.67. The summed E-state index contributed by atoms with van der Waals surface area (Å²) < 4.78 is 22.0. The lowest BCUT2D eigenvalue weighted by atomic mass is 9.95. The van der Waals surface area contributed by atoms with Crippen LogP contribution in [0.4, 0.5) is 0 Å². The zero-order chi connectivity index (χ0) is 17.1. The van der Waals surface area contributed by atoms with Crippen molar-refractivity contribution >= 4 is 11.8 Å². The van der Waals surface area contributed by atoms with Gasteiger partial charge in [0.05, 0.1) is 20.3 Å². The number of thioether (sulfide) groups is 1. The lowest BCUT2D eigenvalue weighted by Gasteiger charge is -2.43. The Labute approximate surface area is 153 Å². The largest absolute Gasteiger partial charge is 0.493 e. The summed E-state index contributed by atoms with van der Waals surface area (Å²) in [4.78, 5) is 2.63. The van der Waals surface area contributed by atoms with Gasteiger partial charge in [0.25, 0.3) is 0 Å². The van der Waals surface area contributed by atoms with Crippen molar-refractivity contribution in [3.05, 3.63) is 17.7 Å². The lowest BCUT2D eigenvalue weighted by molar-refractivity contribution is -0.0134. The van der Waals surface area contributed by atoms with Gasteiger partial charge >= 0.3 is 0 Å². The Morgan fingerprint density at radius 2 is 2.16 bits per heavy atom. The van der Waals surface area contributed by atoms with E-state index in [1.165, 1.54) is 17.9 Å². The van der Waals surface area contributed by atoms with Gasteiger partial charge in [0, 0.05) is 37.5 Å². The molecule has 25 heavy (non-hydrogen) atoms. The van der Waals surface area contributed by atoms with Crippen LogP contribution in [-0.4, -0.2) is 68.7 Å². The molecule has 3 aliphatic heterocycles. The third kappa shape index (κ3) is 3.56. The highest BCUT2D eigenvalue weighted by Crippen LogP contribution is 2.42. The molecule has 3 aliphatic rings. The van der Waals surface area contributed by atoms with Crippen molar-refractivity contribution in [2.24, 2.45) is 0 Å². The van der Waals surface area contributed by atoms with Gasteiger partial charge in [-0.15, -0.1) is 0 Å². The van der Waals surface area contributed by atoms with Crippen LogP contribution in [-0.2, 0) is 11.3 Å². The Morgan fingerprint density at radius 1 is 1.28 bits per heavy atom. The quantitative estimate of drug-likeness (QED) is 0.823. The van der Waals surface area contributed by atoms with Gasteiger partial charge < -0.3 is 24.3 Å². The van der Waals surface area contributed by atoms with Crippen LogP contribution in [0.5, 0.6) is 17.2 Å². The first kappa shape index (κ1) is 17.3. The van der Waals surface area contributed by atoms with E-state index in [1.54, 1.807) is 7.11 Å². The molecule has 3 heterocycles. The van der Waals surface area contributed by atoms with Crippen LogP contribution in [0.3, 0.4) is 0 Å². The van der Waals surface area contributed by atoms with E-state index in [4.69, 9.17) is 18.9 Å². The van der Waals surface area contributed by atoms with E-state index < -0.39 is 0 Å². The maximum absolute atomic E-state index is 5.54. The molecule has 7 heteroatoms. The predicted octanol–water partition coefficient (Wildman–Crippen LogP) is 1.72. The molecule has 6 nitrogen and oxygen atoms in total. The minimum Gasteiger partial charge on any atom is -0.493 e. The average Bonchev–Trinajstić information content (AvgIpc) is 3.32. The van der Waals surface area contributed by atoms with Crippen LogP contribution in [0.15, 0.2) is 12.1 Å². The molecule has 2 saturated heterocycles. The minimum atomic E-state index is 0.259. The molecule has 1 N–H and O–H groups in total. The molecule has 2 fully saturated rings. The van der Waals surface area contributed by atoms with Crippen molar-refractivity contribution in [1.82, 2.24) is 10.2 Å². The predicted molar refractivity (Wildman–Crippen MR) is 97.9 cm³/mol. The van der Waals surface area contributed by atoms with Crippen molar-refractivity contribution in [2.75, 3.05) is 58.3 Å². The molecule has 0 aliphatic carbocycles. The van der Waals surface area contributed by atoms with Gasteiger partial charge in [0.2, 0.25) is 12.5 Å². The Kier molecular flexibility index (Phi) is 5.26. The first-order chi connectivity index (χ1) is 12.3. The average molecular weight is 366 g/mol. The van der Waals surface area contributed by atoms with Crippen LogP contribution in [0, 0.1) is 0 Å². The molecule has 1 aromatic rings. The summed E-state index contributed by atoms with van der Waals surface area (Å²) in [6, 6.07) is 4.08. The highest BCUT2D eigenvalue weighted by atomic mass is 32.2. The SMILES string of the molecule is COc1cc(CNC[C@@]2(N3CCOCC3)CCSC2)cc2c1OCO2. The highest BCUT2D eigenvalue weighted by Gasteiger charge is 2.40. The van der Waals surface area contributed by atoms with E-state index in [1.807, 2.05) is 12.1 Å². The standard InChI is InChI=1S/C18H26N2O4S/c1-21-15-8-14(9-16-17(15)24-13-23-16)10-19-11-18(2-7-25-12-18)20-3-5-22-6-4-20/h8-9,19H,2-7,10-13H2,1H3/t18-/m0/s1. The summed E-state index contributed by atoms with van der Waals surface area (Å²) in [6.07, 6.45) is 1.25. The Bertz CT molecular complexity index is 601. The third-order valence-corrected chi connectivity index (χ3v) is 6.50. The molecule has 1 atom stereocenters.